The van der Waals surface area contributed by atoms with Crippen LogP contribution in [-0.2, 0) is 0 Å². The van der Waals surface area contributed by atoms with Crippen molar-refractivity contribution >= 4 is 0 Å². The van der Waals surface area contributed by atoms with Gasteiger partial charge in [-0.1, -0.05) is 25.1 Å². The molecule has 1 aromatic carbocycles. The summed E-state index contributed by atoms with van der Waals surface area (Å²) in [5.41, 5.74) is 1.93. The Morgan fingerprint density at radius 2 is 2.20 bits per heavy atom. The zero-order valence-corrected chi connectivity index (χ0v) is 8.67. The van der Waals surface area contributed by atoms with Crippen LogP contribution in [0, 0.1) is 0 Å². The lowest BCUT2D eigenvalue weighted by Crippen LogP contribution is -2.02. The zero-order chi connectivity index (χ0) is 10.7. The third kappa shape index (κ3) is 1.92. The van der Waals surface area contributed by atoms with Crippen molar-refractivity contribution in [2.75, 3.05) is 0 Å². The van der Waals surface area contributed by atoms with Crippen molar-refractivity contribution in [2.45, 2.75) is 19.4 Å². The van der Waals surface area contributed by atoms with Crippen LogP contribution in [0.1, 0.15) is 25.0 Å². The third-order valence-corrected chi connectivity index (χ3v) is 2.47. The van der Waals surface area contributed by atoms with Gasteiger partial charge in [0.15, 0.2) is 0 Å². The maximum atomic E-state index is 9.88. The highest BCUT2D eigenvalue weighted by Gasteiger charge is 2.10. The van der Waals surface area contributed by atoms with Crippen LogP contribution in [0.15, 0.2) is 43.0 Å². The van der Waals surface area contributed by atoms with Gasteiger partial charge in [-0.15, -0.1) is 0 Å². The van der Waals surface area contributed by atoms with Crippen LogP contribution >= 0.6 is 0 Å². The van der Waals surface area contributed by atoms with Gasteiger partial charge in [-0.05, 0) is 12.5 Å². The van der Waals surface area contributed by atoms with Crippen molar-refractivity contribution in [3.63, 3.8) is 0 Å². The van der Waals surface area contributed by atoms with Gasteiger partial charge >= 0.3 is 0 Å². The number of hydrogen-bond donors (Lipinski definition) is 1. The molecule has 2 rings (SSSR count). The Hall–Kier alpha value is -1.61. The molecule has 0 bridgehead atoms. The molecule has 0 aliphatic heterocycles. The Balaban J connectivity index is 2.47. The smallest absolute Gasteiger partial charge is 0.0991 e. The highest BCUT2D eigenvalue weighted by Crippen LogP contribution is 2.23. The molecular weight excluding hydrogens is 188 g/mol. The van der Waals surface area contributed by atoms with Gasteiger partial charge in [0.25, 0.3) is 0 Å². The fraction of sp³-hybridized carbons (Fsp3) is 0.250. The van der Waals surface area contributed by atoms with E-state index in [0.717, 1.165) is 11.3 Å². The molecule has 0 spiro atoms. The quantitative estimate of drug-likeness (QED) is 0.829. The van der Waals surface area contributed by atoms with Crippen LogP contribution in [0.3, 0.4) is 0 Å². The minimum absolute atomic E-state index is 0.413. The topological polar surface area (TPSA) is 38.0 Å². The fourth-order valence-electron chi connectivity index (χ4n) is 1.63. The molecule has 15 heavy (non-hydrogen) atoms. The first-order chi connectivity index (χ1) is 7.33. The summed E-state index contributed by atoms with van der Waals surface area (Å²) >= 11 is 0. The van der Waals surface area contributed by atoms with Crippen molar-refractivity contribution in [1.29, 1.82) is 0 Å². The first kappa shape index (κ1) is 9.93. The molecule has 78 valence electrons. The Bertz CT molecular complexity index is 423. The number of rotatable bonds is 3. The average Bonchev–Trinajstić information content (AvgIpc) is 2.81. The van der Waals surface area contributed by atoms with E-state index in [-0.39, 0.29) is 0 Å². The number of hydrogen-bond acceptors (Lipinski definition) is 2. The van der Waals surface area contributed by atoms with Crippen LogP contribution in [-0.4, -0.2) is 14.7 Å². The third-order valence-electron chi connectivity index (χ3n) is 2.47. The van der Waals surface area contributed by atoms with Gasteiger partial charge in [0, 0.05) is 18.0 Å². The first-order valence-electron chi connectivity index (χ1n) is 5.08. The predicted octanol–water partition coefficient (Wildman–Crippen LogP) is 2.32. The Morgan fingerprint density at radius 3 is 2.87 bits per heavy atom. The molecule has 0 aliphatic carbocycles. The van der Waals surface area contributed by atoms with Gasteiger partial charge in [-0.3, -0.25) is 0 Å². The van der Waals surface area contributed by atoms with E-state index in [4.69, 9.17) is 0 Å². The second-order valence-electron chi connectivity index (χ2n) is 3.45. The maximum absolute atomic E-state index is 9.88. The summed E-state index contributed by atoms with van der Waals surface area (Å²) in [6, 6.07) is 7.83. The summed E-state index contributed by atoms with van der Waals surface area (Å²) in [6.07, 6.45) is 5.65. The number of aliphatic hydroxyl groups excluding tert-OH is 1. The summed E-state index contributed by atoms with van der Waals surface area (Å²) in [6.45, 7) is 1.97. The largest absolute Gasteiger partial charge is 0.388 e. The first-order valence-corrected chi connectivity index (χ1v) is 5.08. The summed E-state index contributed by atoms with van der Waals surface area (Å²) in [5.74, 6) is 0. The number of aromatic nitrogens is 2. The summed E-state index contributed by atoms with van der Waals surface area (Å²) in [7, 11) is 0. The van der Waals surface area contributed by atoms with Crippen LogP contribution in [0.25, 0.3) is 5.69 Å². The number of aliphatic hydroxyl groups is 1. The Morgan fingerprint density at radius 1 is 1.40 bits per heavy atom. The minimum Gasteiger partial charge on any atom is -0.388 e. The summed E-state index contributed by atoms with van der Waals surface area (Å²) in [4.78, 5) is 4.01. The van der Waals surface area contributed by atoms with Crippen molar-refractivity contribution in [3.05, 3.63) is 48.5 Å². The number of imidazole rings is 1. The lowest BCUT2D eigenvalue weighted by molar-refractivity contribution is 0.173. The highest BCUT2D eigenvalue weighted by molar-refractivity contribution is 5.42. The highest BCUT2D eigenvalue weighted by atomic mass is 16.3. The Kier molecular flexibility index (Phi) is 2.83. The monoisotopic (exact) mass is 202 g/mol. The number of nitrogens with zero attached hydrogens (tertiary/aromatic N) is 2. The molecule has 0 amide bonds. The molecule has 1 heterocycles. The minimum atomic E-state index is -0.413. The van der Waals surface area contributed by atoms with Crippen LogP contribution in [0.2, 0.25) is 0 Å². The molecule has 1 atom stereocenters. The van der Waals surface area contributed by atoms with Gasteiger partial charge in [0.05, 0.1) is 18.1 Å². The molecule has 3 nitrogen and oxygen atoms in total. The molecule has 0 saturated heterocycles. The van der Waals surface area contributed by atoms with Gasteiger partial charge in [0.2, 0.25) is 0 Å². The Labute approximate surface area is 89.0 Å². The van der Waals surface area contributed by atoms with E-state index >= 15 is 0 Å². The molecule has 0 saturated carbocycles. The molecule has 1 N–H and O–H groups in total. The fourth-order valence-corrected chi connectivity index (χ4v) is 1.63. The van der Waals surface area contributed by atoms with E-state index in [2.05, 4.69) is 4.98 Å². The van der Waals surface area contributed by atoms with Crippen molar-refractivity contribution < 1.29 is 5.11 Å². The SMILES string of the molecule is CCC(O)c1ccccc1-n1ccnc1. The molecule has 0 fully saturated rings. The van der Waals surface area contributed by atoms with Gasteiger partial charge < -0.3 is 9.67 Å². The maximum Gasteiger partial charge on any atom is 0.0991 e. The van der Waals surface area contributed by atoms with E-state index < -0.39 is 6.10 Å². The van der Waals surface area contributed by atoms with Gasteiger partial charge in [-0.2, -0.15) is 0 Å². The number of benzene rings is 1. The second kappa shape index (κ2) is 4.28. The van der Waals surface area contributed by atoms with Gasteiger partial charge in [0.1, 0.15) is 0 Å². The lowest BCUT2D eigenvalue weighted by Gasteiger charge is -2.14. The van der Waals surface area contributed by atoms with Crippen molar-refractivity contribution in [1.82, 2.24) is 9.55 Å². The average molecular weight is 202 g/mol. The number of para-hydroxylation sites is 1. The van der Waals surface area contributed by atoms with E-state index in [1.54, 1.807) is 12.5 Å². The molecular formula is C12H14N2O. The standard InChI is InChI=1S/C12H14N2O/c1-2-12(15)10-5-3-4-6-11(10)14-8-7-13-9-14/h3-9,12,15H,2H2,1H3. The van der Waals surface area contributed by atoms with E-state index in [9.17, 15) is 5.11 Å². The molecule has 1 unspecified atom stereocenters. The van der Waals surface area contributed by atoms with E-state index in [0.29, 0.717) is 6.42 Å². The zero-order valence-electron chi connectivity index (χ0n) is 8.67. The molecule has 1 aromatic heterocycles. The van der Waals surface area contributed by atoms with Crippen molar-refractivity contribution in [2.24, 2.45) is 0 Å². The normalized spacial score (nSPS) is 12.7. The lowest BCUT2D eigenvalue weighted by atomic mass is 10.1. The van der Waals surface area contributed by atoms with Crippen LogP contribution in [0.4, 0.5) is 0 Å². The molecule has 2 aromatic rings. The predicted molar refractivity (Wildman–Crippen MR) is 58.8 cm³/mol. The van der Waals surface area contributed by atoms with Gasteiger partial charge in [-0.25, -0.2) is 4.98 Å². The summed E-state index contributed by atoms with van der Waals surface area (Å²) in [5, 5.41) is 9.88. The molecule has 0 aliphatic rings. The molecule has 3 heteroatoms. The van der Waals surface area contributed by atoms with Crippen molar-refractivity contribution in [3.8, 4) is 5.69 Å². The van der Waals surface area contributed by atoms with E-state index in [1.807, 2.05) is 42.0 Å². The van der Waals surface area contributed by atoms with Crippen LogP contribution < -0.4 is 0 Å². The molecule has 0 radical (unpaired) electrons. The summed E-state index contributed by atoms with van der Waals surface area (Å²) < 4.78 is 1.91. The van der Waals surface area contributed by atoms with E-state index in [1.165, 1.54) is 0 Å². The second-order valence-corrected chi connectivity index (χ2v) is 3.45. The van der Waals surface area contributed by atoms with Crippen LogP contribution in [0.5, 0.6) is 0 Å².